The first-order valence-electron chi connectivity index (χ1n) is 4.61. The molecule has 70 valence electrons. The number of aliphatic hydroxyl groups is 1. The molecule has 13 heavy (non-hydrogen) atoms. The highest BCUT2D eigenvalue weighted by Gasteiger charge is 2.48. The molecule has 1 N–H and O–H groups in total. The standard InChI is InChI=1S/C10H14N2O/c1-7-5-8(7)10(2,13)9-6-11-3-4-12-9/h3-4,6-8,13H,5H2,1-2H3. The zero-order chi connectivity index (χ0) is 9.47. The molecule has 3 nitrogen and oxygen atoms in total. The molecule has 2 rings (SSSR count). The Hall–Kier alpha value is -0.960. The lowest BCUT2D eigenvalue weighted by atomic mass is 9.95. The normalized spacial score (nSPS) is 31.0. The molecule has 3 unspecified atom stereocenters. The number of hydrogen-bond acceptors (Lipinski definition) is 3. The first-order valence-corrected chi connectivity index (χ1v) is 4.61. The lowest BCUT2D eigenvalue weighted by Crippen LogP contribution is -2.26. The monoisotopic (exact) mass is 178 g/mol. The van der Waals surface area contributed by atoms with Gasteiger partial charge in [-0.2, -0.15) is 0 Å². The van der Waals surface area contributed by atoms with Crippen molar-refractivity contribution in [3.05, 3.63) is 24.3 Å². The van der Waals surface area contributed by atoms with E-state index in [0.29, 0.717) is 17.5 Å². The third-order valence-corrected chi connectivity index (χ3v) is 2.91. The van der Waals surface area contributed by atoms with E-state index in [1.165, 1.54) is 0 Å². The van der Waals surface area contributed by atoms with Crippen molar-refractivity contribution in [2.75, 3.05) is 0 Å². The maximum Gasteiger partial charge on any atom is 0.108 e. The van der Waals surface area contributed by atoms with Gasteiger partial charge in [0.1, 0.15) is 5.60 Å². The fraction of sp³-hybridized carbons (Fsp3) is 0.600. The molecular formula is C10H14N2O. The van der Waals surface area contributed by atoms with Gasteiger partial charge >= 0.3 is 0 Å². The second-order valence-corrected chi connectivity index (χ2v) is 4.06. The first kappa shape index (κ1) is 8.63. The SMILES string of the molecule is CC1CC1C(C)(O)c1cnccn1. The molecule has 1 aliphatic rings. The zero-order valence-electron chi connectivity index (χ0n) is 7.94. The molecule has 1 aromatic heterocycles. The van der Waals surface area contributed by atoms with Crippen LogP contribution in [-0.2, 0) is 5.60 Å². The van der Waals surface area contributed by atoms with Crippen molar-refractivity contribution in [3.8, 4) is 0 Å². The highest BCUT2D eigenvalue weighted by atomic mass is 16.3. The fourth-order valence-electron chi connectivity index (χ4n) is 1.86. The first-order chi connectivity index (χ1) is 6.12. The van der Waals surface area contributed by atoms with E-state index in [4.69, 9.17) is 0 Å². The fourth-order valence-corrected chi connectivity index (χ4v) is 1.86. The Balaban J connectivity index is 2.25. The Morgan fingerprint density at radius 3 is 2.69 bits per heavy atom. The van der Waals surface area contributed by atoms with Gasteiger partial charge in [-0.15, -0.1) is 0 Å². The Morgan fingerprint density at radius 2 is 2.23 bits per heavy atom. The maximum absolute atomic E-state index is 10.2. The summed E-state index contributed by atoms with van der Waals surface area (Å²) in [6.45, 7) is 3.97. The van der Waals surface area contributed by atoms with E-state index in [0.717, 1.165) is 6.42 Å². The van der Waals surface area contributed by atoms with Crippen LogP contribution in [0.2, 0.25) is 0 Å². The van der Waals surface area contributed by atoms with Crippen molar-refractivity contribution in [1.82, 2.24) is 9.97 Å². The third-order valence-electron chi connectivity index (χ3n) is 2.91. The zero-order valence-corrected chi connectivity index (χ0v) is 7.94. The molecule has 1 aliphatic carbocycles. The summed E-state index contributed by atoms with van der Waals surface area (Å²) in [5.41, 5.74) is -0.113. The van der Waals surface area contributed by atoms with Gasteiger partial charge in [-0.25, -0.2) is 0 Å². The molecule has 0 aliphatic heterocycles. The smallest absolute Gasteiger partial charge is 0.108 e. The van der Waals surface area contributed by atoms with Gasteiger partial charge in [-0.1, -0.05) is 6.92 Å². The molecule has 3 atom stereocenters. The number of hydrogen-bond donors (Lipinski definition) is 1. The second kappa shape index (κ2) is 2.77. The molecular weight excluding hydrogens is 164 g/mol. The maximum atomic E-state index is 10.2. The summed E-state index contributed by atoms with van der Waals surface area (Å²) < 4.78 is 0. The summed E-state index contributed by atoms with van der Waals surface area (Å²) in [6, 6.07) is 0. The van der Waals surface area contributed by atoms with Crippen LogP contribution in [0.5, 0.6) is 0 Å². The molecule has 0 spiro atoms. The second-order valence-electron chi connectivity index (χ2n) is 4.06. The average molecular weight is 178 g/mol. The molecule has 0 amide bonds. The molecule has 1 heterocycles. The predicted molar refractivity (Wildman–Crippen MR) is 48.9 cm³/mol. The molecule has 0 radical (unpaired) electrons. The van der Waals surface area contributed by atoms with Crippen molar-refractivity contribution in [2.24, 2.45) is 11.8 Å². The van der Waals surface area contributed by atoms with Gasteiger partial charge < -0.3 is 5.11 Å². The van der Waals surface area contributed by atoms with Crippen molar-refractivity contribution in [2.45, 2.75) is 25.9 Å². The van der Waals surface area contributed by atoms with Gasteiger partial charge in [0, 0.05) is 12.4 Å². The number of nitrogens with zero attached hydrogens (tertiary/aromatic N) is 2. The summed E-state index contributed by atoms with van der Waals surface area (Å²) in [4.78, 5) is 8.10. The van der Waals surface area contributed by atoms with Gasteiger partial charge in [-0.3, -0.25) is 9.97 Å². The Labute approximate surface area is 77.8 Å². The number of rotatable bonds is 2. The quantitative estimate of drug-likeness (QED) is 0.743. The highest BCUT2D eigenvalue weighted by molar-refractivity contribution is 5.13. The minimum absolute atomic E-state index is 0.351. The van der Waals surface area contributed by atoms with E-state index in [1.54, 1.807) is 18.6 Å². The van der Waals surface area contributed by atoms with Gasteiger partial charge in [-0.05, 0) is 25.2 Å². The van der Waals surface area contributed by atoms with E-state index in [9.17, 15) is 5.11 Å². The van der Waals surface area contributed by atoms with Gasteiger partial charge in [0.25, 0.3) is 0 Å². The van der Waals surface area contributed by atoms with E-state index in [1.807, 2.05) is 6.92 Å². The Kier molecular flexibility index (Phi) is 1.84. The van der Waals surface area contributed by atoms with Crippen LogP contribution in [0.25, 0.3) is 0 Å². The minimum Gasteiger partial charge on any atom is -0.383 e. The van der Waals surface area contributed by atoms with Gasteiger partial charge in [0.05, 0.1) is 11.9 Å². The number of aromatic nitrogens is 2. The molecule has 1 saturated carbocycles. The minimum atomic E-state index is -0.798. The van der Waals surface area contributed by atoms with Gasteiger partial charge in [0.2, 0.25) is 0 Å². The highest BCUT2D eigenvalue weighted by Crippen LogP contribution is 2.49. The summed E-state index contributed by atoms with van der Waals surface area (Å²) in [6.07, 6.45) is 5.97. The summed E-state index contributed by atoms with van der Waals surface area (Å²) in [7, 11) is 0. The van der Waals surface area contributed by atoms with Crippen LogP contribution in [0, 0.1) is 11.8 Å². The molecule has 0 saturated heterocycles. The van der Waals surface area contributed by atoms with Crippen LogP contribution in [0.4, 0.5) is 0 Å². The average Bonchev–Trinajstić information content (AvgIpc) is 2.85. The van der Waals surface area contributed by atoms with Crippen LogP contribution in [-0.4, -0.2) is 15.1 Å². The summed E-state index contributed by atoms with van der Waals surface area (Å²) >= 11 is 0. The largest absolute Gasteiger partial charge is 0.383 e. The summed E-state index contributed by atoms with van der Waals surface area (Å²) in [5.74, 6) is 0.959. The van der Waals surface area contributed by atoms with Gasteiger partial charge in [0.15, 0.2) is 0 Å². The van der Waals surface area contributed by atoms with E-state index < -0.39 is 5.60 Å². The van der Waals surface area contributed by atoms with E-state index in [2.05, 4.69) is 16.9 Å². The predicted octanol–water partition coefficient (Wildman–Crippen LogP) is 1.34. The van der Waals surface area contributed by atoms with Crippen LogP contribution in [0.15, 0.2) is 18.6 Å². The van der Waals surface area contributed by atoms with Crippen molar-refractivity contribution in [3.63, 3.8) is 0 Å². The molecule has 1 fully saturated rings. The van der Waals surface area contributed by atoms with E-state index >= 15 is 0 Å². The van der Waals surface area contributed by atoms with Crippen molar-refractivity contribution >= 4 is 0 Å². The molecule has 3 heteroatoms. The lowest BCUT2D eigenvalue weighted by Gasteiger charge is -2.22. The van der Waals surface area contributed by atoms with E-state index in [-0.39, 0.29) is 0 Å². The molecule has 0 aromatic carbocycles. The molecule has 0 bridgehead atoms. The Morgan fingerprint density at radius 1 is 1.54 bits per heavy atom. The topological polar surface area (TPSA) is 46.0 Å². The van der Waals surface area contributed by atoms with Crippen molar-refractivity contribution in [1.29, 1.82) is 0 Å². The molecule has 1 aromatic rings. The summed E-state index contributed by atoms with van der Waals surface area (Å²) in [5, 5.41) is 10.2. The van der Waals surface area contributed by atoms with Crippen LogP contribution in [0.1, 0.15) is 26.0 Å². The van der Waals surface area contributed by atoms with Crippen LogP contribution >= 0.6 is 0 Å². The van der Waals surface area contributed by atoms with Crippen molar-refractivity contribution < 1.29 is 5.11 Å². The van der Waals surface area contributed by atoms with Crippen LogP contribution < -0.4 is 0 Å². The Bertz CT molecular complexity index is 297. The van der Waals surface area contributed by atoms with Crippen LogP contribution in [0.3, 0.4) is 0 Å². The lowest BCUT2D eigenvalue weighted by molar-refractivity contribution is 0.0235. The third kappa shape index (κ3) is 1.44.